The molecule has 1 saturated carbocycles. The highest BCUT2D eigenvalue weighted by Crippen LogP contribution is 2.41. The molecule has 3 heterocycles. The largest absolute Gasteiger partial charge is 0.364 e. The van der Waals surface area contributed by atoms with E-state index in [1.54, 1.807) is 34.6 Å². The number of fused-ring (bicyclic) bond motifs is 1. The Morgan fingerprint density at radius 3 is 2.56 bits per heavy atom. The van der Waals surface area contributed by atoms with E-state index in [0.717, 1.165) is 66.6 Å². The lowest BCUT2D eigenvalue weighted by atomic mass is 9.95. The van der Waals surface area contributed by atoms with E-state index in [9.17, 15) is 4.79 Å². The highest BCUT2D eigenvalue weighted by Gasteiger charge is 2.37. The van der Waals surface area contributed by atoms with Crippen LogP contribution in [-0.2, 0) is 13.6 Å². The summed E-state index contributed by atoms with van der Waals surface area (Å²) < 4.78 is 18.4. The molecule has 2 aliphatic rings. The highest BCUT2D eigenvalue weighted by molar-refractivity contribution is 5.88. The van der Waals surface area contributed by atoms with Crippen molar-refractivity contribution >= 4 is 16.7 Å². The first kappa shape index (κ1) is 24.5. The zero-order valence-corrected chi connectivity index (χ0v) is 21.6. The Morgan fingerprint density at radius 1 is 1.17 bits per heavy atom. The van der Waals surface area contributed by atoms with Gasteiger partial charge in [-0.1, -0.05) is 26.0 Å². The van der Waals surface area contributed by atoms with Crippen LogP contribution in [0.2, 0.25) is 0 Å². The number of rotatable bonds is 7. The first-order chi connectivity index (χ1) is 17.4. The van der Waals surface area contributed by atoms with Crippen molar-refractivity contribution in [2.75, 3.05) is 18.0 Å². The van der Waals surface area contributed by atoms with Crippen LogP contribution in [-0.4, -0.2) is 44.4 Å². The highest BCUT2D eigenvalue weighted by atomic mass is 19.1. The van der Waals surface area contributed by atoms with Crippen molar-refractivity contribution in [1.29, 1.82) is 5.26 Å². The van der Waals surface area contributed by atoms with E-state index in [1.165, 1.54) is 0 Å². The normalized spacial score (nSPS) is 21.6. The molecule has 8 heteroatoms. The lowest BCUT2D eigenvalue weighted by Gasteiger charge is -2.49. The standard InChI is InChI=1S/C28H35FN6O/c1-5-21-16-35(25-14-27(36)32(4)26-17-33(12-11-30)31-28(25)26)22(6-2)15-34(21)18(3)23-10-9-20(13-24(23)29)19-7-8-19/h9-10,13-14,17-19,21-22H,5-8,12,15-16H2,1-4H3/t18-,21+,22-/m0/s1. The number of aromatic nitrogens is 3. The van der Waals surface area contributed by atoms with Gasteiger partial charge in [-0.15, -0.1) is 0 Å². The zero-order chi connectivity index (χ0) is 25.6. The zero-order valence-electron chi connectivity index (χ0n) is 21.6. The molecule has 0 bridgehead atoms. The first-order valence-electron chi connectivity index (χ1n) is 13.1. The van der Waals surface area contributed by atoms with Crippen LogP contribution in [0.3, 0.4) is 0 Å². The quantitative estimate of drug-likeness (QED) is 0.480. The molecule has 1 saturated heterocycles. The van der Waals surface area contributed by atoms with Crippen LogP contribution in [0.25, 0.3) is 11.0 Å². The Labute approximate surface area is 211 Å². The number of anilines is 1. The summed E-state index contributed by atoms with van der Waals surface area (Å²) in [6, 6.07) is 9.95. The molecule has 0 radical (unpaired) electrons. The van der Waals surface area contributed by atoms with Gasteiger partial charge >= 0.3 is 0 Å². The van der Waals surface area contributed by atoms with Gasteiger partial charge < -0.3 is 9.47 Å². The van der Waals surface area contributed by atoms with E-state index in [0.29, 0.717) is 5.92 Å². The second-order valence-corrected chi connectivity index (χ2v) is 10.3. The van der Waals surface area contributed by atoms with Crippen molar-refractivity contribution in [2.24, 2.45) is 7.05 Å². The molecular weight excluding hydrogens is 455 g/mol. The maximum absolute atomic E-state index is 15.2. The fraction of sp³-hybridized carbons (Fsp3) is 0.536. The van der Waals surface area contributed by atoms with Gasteiger partial charge in [0.2, 0.25) is 0 Å². The molecule has 3 aromatic rings. The summed E-state index contributed by atoms with van der Waals surface area (Å²) in [4.78, 5) is 17.6. The molecule has 190 valence electrons. The van der Waals surface area contributed by atoms with E-state index in [4.69, 9.17) is 5.26 Å². The number of hydrogen-bond donors (Lipinski definition) is 0. The van der Waals surface area contributed by atoms with Crippen molar-refractivity contribution in [3.63, 3.8) is 0 Å². The Morgan fingerprint density at radius 2 is 1.92 bits per heavy atom. The van der Waals surface area contributed by atoms with Crippen molar-refractivity contribution in [3.05, 3.63) is 57.8 Å². The maximum Gasteiger partial charge on any atom is 0.252 e. The van der Waals surface area contributed by atoms with Crippen molar-refractivity contribution < 1.29 is 4.39 Å². The second kappa shape index (κ2) is 9.70. The molecule has 1 aliphatic heterocycles. The third-order valence-electron chi connectivity index (χ3n) is 8.18. The lowest BCUT2D eigenvalue weighted by Crippen LogP contribution is -2.59. The van der Waals surface area contributed by atoms with Gasteiger partial charge in [-0.05, 0) is 50.2 Å². The summed E-state index contributed by atoms with van der Waals surface area (Å²) >= 11 is 0. The van der Waals surface area contributed by atoms with E-state index in [1.807, 2.05) is 6.07 Å². The summed E-state index contributed by atoms with van der Waals surface area (Å²) in [6.45, 7) is 8.07. The summed E-state index contributed by atoms with van der Waals surface area (Å²) in [5.41, 5.74) is 4.07. The fourth-order valence-corrected chi connectivity index (χ4v) is 5.80. The summed E-state index contributed by atoms with van der Waals surface area (Å²) in [7, 11) is 1.74. The molecule has 36 heavy (non-hydrogen) atoms. The molecule has 7 nitrogen and oxygen atoms in total. The first-order valence-corrected chi connectivity index (χ1v) is 13.1. The minimum absolute atomic E-state index is 0.0436. The molecule has 0 spiro atoms. The molecule has 2 aromatic heterocycles. The molecule has 0 unspecified atom stereocenters. The smallest absolute Gasteiger partial charge is 0.252 e. The average Bonchev–Trinajstić information content (AvgIpc) is 3.65. The van der Waals surface area contributed by atoms with E-state index in [2.05, 4.69) is 47.8 Å². The summed E-state index contributed by atoms with van der Waals surface area (Å²) in [6.07, 6.45) is 5.90. The van der Waals surface area contributed by atoms with Crippen LogP contribution in [0.5, 0.6) is 0 Å². The lowest BCUT2D eigenvalue weighted by molar-refractivity contribution is 0.0993. The number of halogens is 1. The number of nitriles is 1. The molecule has 1 aliphatic carbocycles. The predicted octanol–water partition coefficient (Wildman–Crippen LogP) is 4.72. The fourth-order valence-electron chi connectivity index (χ4n) is 5.80. The van der Waals surface area contributed by atoms with Crippen LogP contribution < -0.4 is 10.5 Å². The van der Waals surface area contributed by atoms with Crippen LogP contribution >= 0.6 is 0 Å². The third-order valence-corrected chi connectivity index (χ3v) is 8.18. The Bertz CT molecular complexity index is 1370. The van der Waals surface area contributed by atoms with Crippen molar-refractivity contribution in [1.82, 2.24) is 19.2 Å². The molecule has 5 rings (SSSR count). The van der Waals surface area contributed by atoms with Crippen molar-refractivity contribution in [2.45, 2.75) is 77.0 Å². The summed E-state index contributed by atoms with van der Waals surface area (Å²) in [5.74, 6) is 0.431. The monoisotopic (exact) mass is 490 g/mol. The van der Waals surface area contributed by atoms with Gasteiger partial charge in [-0.25, -0.2) is 4.39 Å². The molecule has 0 amide bonds. The second-order valence-electron chi connectivity index (χ2n) is 10.3. The van der Waals surface area contributed by atoms with Crippen LogP contribution in [0, 0.1) is 17.1 Å². The van der Waals surface area contributed by atoms with Crippen LogP contribution in [0.15, 0.2) is 35.3 Å². The van der Waals surface area contributed by atoms with Gasteiger partial charge in [0.25, 0.3) is 5.56 Å². The average molecular weight is 491 g/mol. The Kier molecular flexibility index (Phi) is 6.60. The van der Waals surface area contributed by atoms with Crippen molar-refractivity contribution in [3.8, 4) is 6.07 Å². The minimum atomic E-state index is -0.103. The predicted molar refractivity (Wildman–Crippen MR) is 140 cm³/mol. The van der Waals surface area contributed by atoms with Gasteiger partial charge in [-0.2, -0.15) is 10.4 Å². The molecular formula is C28H35FN6O. The number of benzene rings is 1. The number of aryl methyl sites for hydroxylation is 1. The van der Waals surface area contributed by atoms with Gasteiger partial charge in [0.15, 0.2) is 0 Å². The van der Waals surface area contributed by atoms with E-state index < -0.39 is 0 Å². The molecule has 0 N–H and O–H groups in total. The van der Waals surface area contributed by atoms with Crippen LogP contribution in [0.4, 0.5) is 10.1 Å². The Hall–Kier alpha value is -3.18. The summed E-state index contributed by atoms with van der Waals surface area (Å²) in [5, 5.41) is 13.8. The van der Waals surface area contributed by atoms with E-state index in [-0.39, 0.29) is 36.0 Å². The van der Waals surface area contributed by atoms with Crippen LogP contribution in [0.1, 0.15) is 69.5 Å². The Balaban J connectivity index is 1.48. The minimum Gasteiger partial charge on any atom is -0.364 e. The van der Waals surface area contributed by atoms with Gasteiger partial charge in [-0.3, -0.25) is 14.4 Å². The molecule has 3 atom stereocenters. The number of nitrogens with zero attached hydrogens (tertiary/aromatic N) is 6. The SMILES string of the molecule is CC[C@H]1CN([C@@H](C)c2ccc(C3CC3)cc2F)[C@H](CC)CN1c1cc(=O)n(C)c2cn(CC#N)nc12. The number of hydrogen-bond acceptors (Lipinski definition) is 5. The molecule has 2 fully saturated rings. The van der Waals surface area contributed by atoms with Gasteiger partial charge in [0.05, 0.1) is 23.5 Å². The maximum atomic E-state index is 15.2. The number of piperazine rings is 1. The molecule has 1 aromatic carbocycles. The van der Waals surface area contributed by atoms with E-state index >= 15 is 4.39 Å². The third kappa shape index (κ3) is 4.30. The van der Waals surface area contributed by atoms with Gasteiger partial charge in [0.1, 0.15) is 17.9 Å². The number of pyridine rings is 1. The van der Waals surface area contributed by atoms with Gasteiger partial charge in [0, 0.05) is 49.9 Å². The topological polar surface area (TPSA) is 70.1 Å².